The van der Waals surface area contributed by atoms with E-state index in [-0.39, 0.29) is 5.92 Å². The molecule has 10 nitrogen and oxygen atoms in total. The normalized spacial score (nSPS) is 16.0. The van der Waals surface area contributed by atoms with Crippen molar-refractivity contribution in [2.75, 3.05) is 35.7 Å². The zero-order valence-electron chi connectivity index (χ0n) is 21.9. The second-order valence-corrected chi connectivity index (χ2v) is 12.3. The van der Waals surface area contributed by atoms with Gasteiger partial charge in [-0.1, -0.05) is 35.5 Å². The topological polar surface area (TPSA) is 118 Å². The first-order chi connectivity index (χ1) is 19.5. The van der Waals surface area contributed by atoms with E-state index in [0.717, 1.165) is 71.9 Å². The number of hydrogen-bond donors (Lipinski definition) is 0. The summed E-state index contributed by atoms with van der Waals surface area (Å²) in [5.41, 5.74) is 6.14. The van der Waals surface area contributed by atoms with E-state index in [2.05, 4.69) is 47.0 Å². The molecule has 0 unspecified atom stereocenters. The van der Waals surface area contributed by atoms with Crippen LogP contribution in [0.4, 0.5) is 17.5 Å². The van der Waals surface area contributed by atoms with E-state index in [9.17, 15) is 8.42 Å². The lowest BCUT2D eigenvalue weighted by molar-refractivity contribution is 0.416. The fourth-order valence-corrected chi connectivity index (χ4v) is 6.35. The van der Waals surface area contributed by atoms with Crippen molar-refractivity contribution in [2.45, 2.75) is 30.1 Å². The van der Waals surface area contributed by atoms with Crippen LogP contribution in [-0.4, -0.2) is 59.4 Å². The van der Waals surface area contributed by atoms with Gasteiger partial charge in [0.2, 0.25) is 11.5 Å². The van der Waals surface area contributed by atoms with Gasteiger partial charge in [-0.3, -0.25) is 0 Å². The molecule has 0 atom stereocenters. The van der Waals surface area contributed by atoms with Gasteiger partial charge in [-0.15, -0.1) is 0 Å². The molecule has 5 heterocycles. The molecule has 11 heteroatoms. The summed E-state index contributed by atoms with van der Waals surface area (Å²) in [6, 6.07) is 15.4. The maximum absolute atomic E-state index is 12.0. The second-order valence-electron chi connectivity index (χ2n) is 10.3. The van der Waals surface area contributed by atoms with E-state index >= 15 is 0 Å². The van der Waals surface area contributed by atoms with Gasteiger partial charge >= 0.3 is 0 Å². The molecule has 0 spiro atoms. The van der Waals surface area contributed by atoms with E-state index in [1.54, 1.807) is 18.5 Å². The van der Waals surface area contributed by atoms with Crippen molar-refractivity contribution in [3.8, 4) is 11.1 Å². The van der Waals surface area contributed by atoms with Crippen molar-refractivity contribution >= 4 is 38.4 Å². The van der Waals surface area contributed by atoms with Crippen molar-refractivity contribution in [2.24, 2.45) is 0 Å². The molecule has 5 aromatic rings. The standard InChI is InChI=1S/C29H27N7O3S/c1-40(37,38)23-7-8-24-21(15-23)11-14-36(24)28-27-26(32-18-33-28)25(34-39-27)20-9-12-35(13-10-20)29-30-16-22(17-31-29)19-5-3-2-4-6-19/h2-8,15-18,20H,9-14H2,1H3. The van der Waals surface area contributed by atoms with Crippen LogP contribution in [0.5, 0.6) is 0 Å². The zero-order valence-corrected chi connectivity index (χ0v) is 22.8. The summed E-state index contributed by atoms with van der Waals surface area (Å²) in [5, 5.41) is 4.46. The van der Waals surface area contributed by atoms with Crippen LogP contribution in [0.15, 0.2) is 76.7 Å². The van der Waals surface area contributed by atoms with Gasteiger partial charge in [-0.25, -0.2) is 28.4 Å². The number of hydrogen-bond acceptors (Lipinski definition) is 10. The third-order valence-corrected chi connectivity index (χ3v) is 8.91. The Morgan fingerprint density at radius 3 is 2.42 bits per heavy atom. The van der Waals surface area contributed by atoms with E-state index in [1.807, 2.05) is 36.7 Å². The Balaban J connectivity index is 1.09. The van der Waals surface area contributed by atoms with Gasteiger partial charge in [0.25, 0.3) is 0 Å². The lowest BCUT2D eigenvalue weighted by atomic mass is 9.93. The molecule has 1 saturated heterocycles. The van der Waals surface area contributed by atoms with Gasteiger partial charge < -0.3 is 14.3 Å². The first kappa shape index (κ1) is 24.6. The maximum atomic E-state index is 12.0. The number of sulfone groups is 1. The summed E-state index contributed by atoms with van der Waals surface area (Å²) in [4.78, 5) is 22.9. The van der Waals surface area contributed by atoms with Crippen LogP contribution < -0.4 is 9.80 Å². The summed E-state index contributed by atoms with van der Waals surface area (Å²) < 4.78 is 29.9. The number of aromatic nitrogens is 5. The Morgan fingerprint density at radius 1 is 0.900 bits per heavy atom. The Bertz CT molecular complexity index is 1800. The first-order valence-corrected chi connectivity index (χ1v) is 15.2. The Kier molecular flexibility index (Phi) is 5.96. The van der Waals surface area contributed by atoms with E-state index in [0.29, 0.717) is 22.8 Å². The molecule has 2 aliphatic heterocycles. The van der Waals surface area contributed by atoms with Crippen LogP contribution in [0, 0.1) is 0 Å². The van der Waals surface area contributed by atoms with Crippen LogP contribution >= 0.6 is 0 Å². The summed E-state index contributed by atoms with van der Waals surface area (Å²) in [6.45, 7) is 2.29. The molecule has 0 radical (unpaired) electrons. The van der Waals surface area contributed by atoms with E-state index in [4.69, 9.17) is 4.52 Å². The van der Waals surface area contributed by atoms with Gasteiger partial charge in [0.1, 0.15) is 17.5 Å². The van der Waals surface area contributed by atoms with Crippen molar-refractivity contribution in [3.05, 3.63) is 78.5 Å². The molecule has 2 aromatic carbocycles. The van der Waals surface area contributed by atoms with Crippen molar-refractivity contribution in [1.29, 1.82) is 0 Å². The molecular formula is C29H27N7O3S. The van der Waals surface area contributed by atoms with Gasteiger partial charge in [0.05, 0.1) is 4.90 Å². The molecule has 0 amide bonds. The Hall–Kier alpha value is -4.38. The third kappa shape index (κ3) is 4.36. The summed E-state index contributed by atoms with van der Waals surface area (Å²) in [7, 11) is -3.27. The van der Waals surface area contributed by atoms with Gasteiger partial charge in [-0.05, 0) is 48.6 Å². The minimum Gasteiger partial charge on any atom is -0.350 e. The monoisotopic (exact) mass is 553 g/mol. The minimum absolute atomic E-state index is 0.201. The molecule has 7 rings (SSSR count). The predicted octanol–water partition coefficient (Wildman–Crippen LogP) is 4.56. The highest BCUT2D eigenvalue weighted by Gasteiger charge is 2.31. The SMILES string of the molecule is CS(=O)(=O)c1ccc2c(c1)CCN2c1ncnc2c(C3CCN(c4ncc(-c5ccccc5)cn4)CC3)noc12. The summed E-state index contributed by atoms with van der Waals surface area (Å²) in [6.07, 6.45) is 9.02. The molecule has 0 aliphatic carbocycles. The molecule has 2 aliphatic rings. The van der Waals surface area contributed by atoms with Crippen LogP contribution in [0.3, 0.4) is 0 Å². The second kappa shape index (κ2) is 9.67. The first-order valence-electron chi connectivity index (χ1n) is 13.3. The number of anilines is 3. The quantitative estimate of drug-likeness (QED) is 0.306. The average molecular weight is 554 g/mol. The lowest BCUT2D eigenvalue weighted by Gasteiger charge is -2.31. The largest absolute Gasteiger partial charge is 0.350 e. The molecule has 0 bridgehead atoms. The van der Waals surface area contributed by atoms with Crippen LogP contribution in [-0.2, 0) is 16.3 Å². The highest BCUT2D eigenvalue weighted by molar-refractivity contribution is 7.90. The van der Waals surface area contributed by atoms with E-state index < -0.39 is 9.84 Å². The number of piperidine rings is 1. The number of fused-ring (bicyclic) bond motifs is 2. The number of benzene rings is 2. The maximum Gasteiger partial charge on any atom is 0.228 e. The average Bonchev–Trinajstić information content (AvgIpc) is 3.62. The van der Waals surface area contributed by atoms with Crippen LogP contribution in [0.2, 0.25) is 0 Å². The number of rotatable bonds is 5. The molecular weight excluding hydrogens is 526 g/mol. The van der Waals surface area contributed by atoms with Crippen molar-refractivity contribution < 1.29 is 12.9 Å². The fraction of sp³-hybridized carbons (Fsp3) is 0.276. The molecule has 1 fully saturated rings. The Labute approximate surface area is 231 Å². The zero-order chi connectivity index (χ0) is 27.3. The highest BCUT2D eigenvalue weighted by Crippen LogP contribution is 2.40. The molecule has 0 N–H and O–H groups in total. The minimum atomic E-state index is -3.27. The molecule has 40 heavy (non-hydrogen) atoms. The number of nitrogens with zero attached hydrogens (tertiary/aromatic N) is 7. The lowest BCUT2D eigenvalue weighted by Crippen LogP contribution is -2.34. The molecule has 0 saturated carbocycles. The van der Waals surface area contributed by atoms with Gasteiger partial charge in [0.15, 0.2) is 15.7 Å². The van der Waals surface area contributed by atoms with Gasteiger partial charge in [-0.2, -0.15) is 0 Å². The third-order valence-electron chi connectivity index (χ3n) is 7.80. The summed E-state index contributed by atoms with van der Waals surface area (Å²) in [5.74, 6) is 1.59. The Morgan fingerprint density at radius 2 is 1.68 bits per heavy atom. The predicted molar refractivity (Wildman–Crippen MR) is 152 cm³/mol. The summed E-state index contributed by atoms with van der Waals surface area (Å²) >= 11 is 0. The van der Waals surface area contributed by atoms with Crippen LogP contribution in [0.25, 0.3) is 22.2 Å². The van der Waals surface area contributed by atoms with Crippen molar-refractivity contribution in [3.63, 3.8) is 0 Å². The van der Waals surface area contributed by atoms with E-state index in [1.165, 1.54) is 6.26 Å². The fourth-order valence-electron chi connectivity index (χ4n) is 5.68. The van der Waals surface area contributed by atoms with Crippen molar-refractivity contribution in [1.82, 2.24) is 25.1 Å². The highest BCUT2D eigenvalue weighted by atomic mass is 32.2. The molecule has 3 aromatic heterocycles. The van der Waals surface area contributed by atoms with Crippen LogP contribution in [0.1, 0.15) is 30.0 Å². The smallest absolute Gasteiger partial charge is 0.228 e. The molecule has 202 valence electrons. The van der Waals surface area contributed by atoms with Gasteiger partial charge in [0, 0.05) is 55.5 Å².